The molecule has 0 spiro atoms. The maximum atomic E-state index is 11.9. The second-order valence-electron chi connectivity index (χ2n) is 5.03. The summed E-state index contributed by atoms with van der Waals surface area (Å²) in [5.41, 5.74) is 2.67. The van der Waals surface area contributed by atoms with Crippen LogP contribution in [0.5, 0.6) is 5.75 Å². The smallest absolute Gasteiger partial charge is 0.170 e. The lowest BCUT2D eigenvalue weighted by molar-refractivity contribution is -0.117. The summed E-state index contributed by atoms with van der Waals surface area (Å²) in [7, 11) is 0. The zero-order valence-electron chi connectivity index (χ0n) is 13.0. The van der Waals surface area contributed by atoms with Crippen molar-refractivity contribution >= 4 is 11.6 Å². The number of hydrogen-bond donors (Lipinski definition) is 0. The normalized spacial score (nSPS) is 10.3. The molecule has 0 heterocycles. The van der Waals surface area contributed by atoms with Crippen LogP contribution in [-0.2, 0) is 4.79 Å². The summed E-state index contributed by atoms with van der Waals surface area (Å²) in [5.74, 6) is 0.696. The van der Waals surface area contributed by atoms with Crippen LogP contribution in [0, 0.1) is 0 Å². The lowest BCUT2D eigenvalue weighted by Gasteiger charge is -2.06. The van der Waals surface area contributed by atoms with Crippen LogP contribution in [-0.4, -0.2) is 18.2 Å². The lowest BCUT2D eigenvalue weighted by atomic mass is 10.0. The molecule has 0 unspecified atom stereocenters. The molecule has 0 bridgehead atoms. The molecule has 0 amide bonds. The molecule has 2 rings (SSSR count). The van der Waals surface area contributed by atoms with Gasteiger partial charge in [-0.2, -0.15) is 0 Å². The number of hydrogen-bond acceptors (Lipinski definition) is 3. The van der Waals surface area contributed by atoms with Gasteiger partial charge in [0.2, 0.25) is 0 Å². The SMILES string of the molecule is CCOc1ccc(-c2ccc(C(=O)CC(=O)CC)cc2)cc1. The summed E-state index contributed by atoms with van der Waals surface area (Å²) in [6.07, 6.45) is 0.384. The third kappa shape index (κ3) is 4.04. The Morgan fingerprint density at radius 3 is 1.91 bits per heavy atom. The highest BCUT2D eigenvalue weighted by molar-refractivity contribution is 6.08. The maximum absolute atomic E-state index is 11.9. The maximum Gasteiger partial charge on any atom is 0.170 e. The van der Waals surface area contributed by atoms with Gasteiger partial charge in [0.05, 0.1) is 13.0 Å². The average Bonchev–Trinajstić information content (AvgIpc) is 2.56. The number of ketones is 2. The van der Waals surface area contributed by atoms with E-state index in [0.717, 1.165) is 16.9 Å². The van der Waals surface area contributed by atoms with Gasteiger partial charge in [0.1, 0.15) is 11.5 Å². The predicted molar refractivity (Wildman–Crippen MR) is 87.3 cm³/mol. The van der Waals surface area contributed by atoms with Gasteiger partial charge < -0.3 is 4.74 Å². The number of carbonyl (C=O) groups excluding carboxylic acids is 2. The van der Waals surface area contributed by atoms with Crippen molar-refractivity contribution in [3.05, 3.63) is 54.1 Å². The van der Waals surface area contributed by atoms with Gasteiger partial charge in [0.15, 0.2) is 5.78 Å². The van der Waals surface area contributed by atoms with Crippen molar-refractivity contribution in [1.29, 1.82) is 0 Å². The number of ether oxygens (including phenoxy) is 1. The molecular formula is C19H20O3. The zero-order chi connectivity index (χ0) is 15.9. The van der Waals surface area contributed by atoms with E-state index in [1.807, 2.05) is 43.3 Å². The molecule has 0 saturated carbocycles. The Bertz CT molecular complexity index is 639. The Morgan fingerprint density at radius 1 is 0.864 bits per heavy atom. The Labute approximate surface area is 130 Å². The van der Waals surface area contributed by atoms with Crippen LogP contribution in [0.2, 0.25) is 0 Å². The second kappa shape index (κ2) is 7.55. The van der Waals surface area contributed by atoms with Crippen LogP contribution < -0.4 is 4.74 Å². The molecule has 3 nitrogen and oxygen atoms in total. The first-order chi connectivity index (χ1) is 10.6. The summed E-state index contributed by atoms with van der Waals surface area (Å²) in [6.45, 7) is 4.37. The van der Waals surface area contributed by atoms with Crippen molar-refractivity contribution in [1.82, 2.24) is 0 Å². The highest BCUT2D eigenvalue weighted by atomic mass is 16.5. The first kappa shape index (κ1) is 16.0. The first-order valence-electron chi connectivity index (χ1n) is 7.52. The Morgan fingerprint density at radius 2 is 1.41 bits per heavy atom. The van der Waals surface area contributed by atoms with E-state index in [1.54, 1.807) is 19.1 Å². The van der Waals surface area contributed by atoms with Gasteiger partial charge in [-0.05, 0) is 30.2 Å². The van der Waals surface area contributed by atoms with Gasteiger partial charge in [0.25, 0.3) is 0 Å². The topological polar surface area (TPSA) is 43.4 Å². The summed E-state index contributed by atoms with van der Waals surface area (Å²) >= 11 is 0. The molecule has 0 atom stereocenters. The van der Waals surface area contributed by atoms with Crippen molar-refractivity contribution in [2.75, 3.05) is 6.61 Å². The Kier molecular flexibility index (Phi) is 5.48. The fourth-order valence-corrected chi connectivity index (χ4v) is 2.16. The molecule has 2 aromatic carbocycles. The van der Waals surface area contributed by atoms with E-state index >= 15 is 0 Å². The molecule has 0 saturated heterocycles. The molecule has 22 heavy (non-hydrogen) atoms. The lowest BCUT2D eigenvalue weighted by Crippen LogP contribution is -2.06. The van der Waals surface area contributed by atoms with E-state index in [2.05, 4.69) is 0 Å². The minimum atomic E-state index is -0.120. The summed E-state index contributed by atoms with van der Waals surface area (Å²) in [5, 5.41) is 0. The molecule has 114 valence electrons. The third-order valence-electron chi connectivity index (χ3n) is 3.46. The summed E-state index contributed by atoms with van der Waals surface area (Å²) in [4.78, 5) is 23.3. The van der Waals surface area contributed by atoms with Crippen LogP contribution in [0.3, 0.4) is 0 Å². The molecular weight excluding hydrogens is 276 g/mol. The van der Waals surface area contributed by atoms with Crippen LogP contribution in [0.25, 0.3) is 11.1 Å². The highest BCUT2D eigenvalue weighted by Crippen LogP contribution is 2.23. The molecule has 0 aliphatic rings. The quantitative estimate of drug-likeness (QED) is 0.565. The average molecular weight is 296 g/mol. The minimum absolute atomic E-state index is 0.0150. The largest absolute Gasteiger partial charge is 0.494 e. The van der Waals surface area contributed by atoms with Gasteiger partial charge in [-0.25, -0.2) is 0 Å². The molecule has 0 aromatic heterocycles. The second-order valence-corrected chi connectivity index (χ2v) is 5.03. The fourth-order valence-electron chi connectivity index (χ4n) is 2.16. The monoisotopic (exact) mass is 296 g/mol. The van der Waals surface area contributed by atoms with Crippen LogP contribution in [0.4, 0.5) is 0 Å². The van der Waals surface area contributed by atoms with E-state index in [9.17, 15) is 9.59 Å². The summed E-state index contributed by atoms with van der Waals surface area (Å²) < 4.78 is 5.42. The Hall–Kier alpha value is -2.42. The highest BCUT2D eigenvalue weighted by Gasteiger charge is 2.10. The predicted octanol–water partition coefficient (Wildman–Crippen LogP) is 4.30. The van der Waals surface area contributed by atoms with Gasteiger partial charge >= 0.3 is 0 Å². The van der Waals surface area contributed by atoms with Crippen molar-refractivity contribution in [3.8, 4) is 16.9 Å². The summed E-state index contributed by atoms with van der Waals surface area (Å²) in [6, 6.07) is 15.2. The zero-order valence-corrected chi connectivity index (χ0v) is 13.0. The van der Waals surface area contributed by atoms with Crippen molar-refractivity contribution in [2.24, 2.45) is 0 Å². The van der Waals surface area contributed by atoms with Crippen LogP contribution in [0.15, 0.2) is 48.5 Å². The van der Waals surface area contributed by atoms with E-state index in [0.29, 0.717) is 18.6 Å². The first-order valence-corrected chi connectivity index (χ1v) is 7.52. The van der Waals surface area contributed by atoms with Crippen LogP contribution in [0.1, 0.15) is 37.0 Å². The fraction of sp³-hybridized carbons (Fsp3) is 0.263. The van der Waals surface area contributed by atoms with E-state index < -0.39 is 0 Å². The van der Waals surface area contributed by atoms with Crippen LogP contribution >= 0.6 is 0 Å². The number of rotatable bonds is 7. The van der Waals surface area contributed by atoms with Gasteiger partial charge in [-0.1, -0.05) is 43.3 Å². The Balaban J connectivity index is 2.11. The number of Topliss-reactive ketones (excluding diaryl/α,β-unsaturated/α-hetero) is 2. The van der Waals surface area contributed by atoms with Crippen molar-refractivity contribution < 1.29 is 14.3 Å². The molecule has 0 N–H and O–H groups in total. The van der Waals surface area contributed by atoms with Gasteiger partial charge in [0, 0.05) is 12.0 Å². The molecule has 0 aliphatic carbocycles. The van der Waals surface area contributed by atoms with Crippen molar-refractivity contribution in [2.45, 2.75) is 26.7 Å². The van der Waals surface area contributed by atoms with Gasteiger partial charge in [-0.15, -0.1) is 0 Å². The molecule has 2 aromatic rings. The van der Waals surface area contributed by atoms with Gasteiger partial charge in [-0.3, -0.25) is 9.59 Å². The molecule has 0 aliphatic heterocycles. The number of benzene rings is 2. The standard InChI is InChI=1S/C19H20O3/c1-3-17(20)13-19(21)16-7-5-14(6-8-16)15-9-11-18(12-10-15)22-4-2/h5-12H,3-4,13H2,1-2H3. The third-order valence-corrected chi connectivity index (χ3v) is 3.46. The van der Waals surface area contributed by atoms with E-state index in [4.69, 9.17) is 4.74 Å². The number of carbonyl (C=O) groups is 2. The minimum Gasteiger partial charge on any atom is -0.494 e. The molecule has 0 fully saturated rings. The van der Waals surface area contributed by atoms with E-state index in [-0.39, 0.29) is 18.0 Å². The molecule has 0 radical (unpaired) electrons. The molecule has 3 heteroatoms. The van der Waals surface area contributed by atoms with Crippen molar-refractivity contribution in [3.63, 3.8) is 0 Å². The van der Waals surface area contributed by atoms with E-state index in [1.165, 1.54) is 0 Å².